The van der Waals surface area contributed by atoms with Crippen LogP contribution in [0.25, 0.3) is 16.6 Å². The van der Waals surface area contributed by atoms with Crippen LogP contribution in [0.2, 0.25) is 0 Å². The molecule has 4 rings (SSSR count). The average Bonchev–Trinajstić information content (AvgIpc) is 3.40. The van der Waals surface area contributed by atoms with Crippen LogP contribution in [0.15, 0.2) is 89.7 Å². The molecule has 1 aromatic heterocycles. The van der Waals surface area contributed by atoms with Crippen LogP contribution in [0.5, 0.6) is 0 Å². The fraction of sp³-hybridized carbons (Fsp3) is 0.138. The van der Waals surface area contributed by atoms with E-state index in [4.69, 9.17) is 0 Å². The van der Waals surface area contributed by atoms with Gasteiger partial charge in [-0.05, 0) is 42.8 Å². The highest BCUT2D eigenvalue weighted by Crippen LogP contribution is 2.28. The number of rotatable bonds is 10. The molecule has 0 aliphatic heterocycles. The van der Waals surface area contributed by atoms with Gasteiger partial charge >= 0.3 is 0 Å². The number of thiazole rings is 1. The van der Waals surface area contributed by atoms with Crippen LogP contribution in [-0.4, -0.2) is 31.8 Å². The van der Waals surface area contributed by atoms with E-state index in [9.17, 15) is 26.8 Å². The van der Waals surface area contributed by atoms with Crippen molar-refractivity contribution in [3.05, 3.63) is 113 Å². The van der Waals surface area contributed by atoms with Gasteiger partial charge in [-0.15, -0.1) is 11.3 Å². The molecule has 3 aromatic carbocycles. The minimum absolute atomic E-state index is 0.0677. The minimum atomic E-state index is -4.25. The Morgan fingerprint density at radius 2 is 1.70 bits per heavy atom. The molecular formula is C29H25F2N3O4S2. The number of halogens is 2. The lowest BCUT2D eigenvalue weighted by molar-refractivity contribution is -0.132. The summed E-state index contributed by atoms with van der Waals surface area (Å²) >= 11 is 1.06. The largest absolute Gasteiger partial charge is 0.312 e. The normalized spacial score (nSPS) is 12.3. The summed E-state index contributed by atoms with van der Waals surface area (Å²) in [6.07, 6.45) is 1.09. The van der Waals surface area contributed by atoms with Crippen LogP contribution < -0.4 is 9.62 Å². The van der Waals surface area contributed by atoms with Crippen LogP contribution in [0.1, 0.15) is 18.2 Å². The van der Waals surface area contributed by atoms with Gasteiger partial charge in [0.1, 0.15) is 22.6 Å². The number of carbonyl (C=O) groups excluding carboxylic acids is 2. The molecule has 0 aliphatic rings. The Morgan fingerprint density at radius 1 is 1.02 bits per heavy atom. The zero-order chi connectivity index (χ0) is 28.7. The maximum absolute atomic E-state index is 14.3. The average molecular weight is 582 g/mol. The lowest BCUT2D eigenvalue weighted by atomic mass is 10.0. The number of benzene rings is 3. The van der Waals surface area contributed by atoms with Crippen molar-refractivity contribution in [2.24, 2.45) is 5.92 Å². The molecule has 1 heterocycles. The molecule has 7 nitrogen and oxygen atoms in total. The minimum Gasteiger partial charge on any atom is -0.312 e. The zero-order valence-electron chi connectivity index (χ0n) is 21.3. The zero-order valence-corrected chi connectivity index (χ0v) is 23.0. The molecular weight excluding hydrogens is 556 g/mol. The van der Waals surface area contributed by atoms with Gasteiger partial charge in [0.15, 0.2) is 0 Å². The molecule has 1 unspecified atom stereocenters. The fourth-order valence-electron chi connectivity index (χ4n) is 3.93. The van der Waals surface area contributed by atoms with Gasteiger partial charge in [-0.25, -0.2) is 26.9 Å². The van der Waals surface area contributed by atoms with E-state index in [0.29, 0.717) is 11.3 Å². The highest BCUT2D eigenvalue weighted by atomic mass is 32.2. The van der Waals surface area contributed by atoms with E-state index in [1.165, 1.54) is 17.0 Å². The van der Waals surface area contributed by atoms with Crippen molar-refractivity contribution in [2.45, 2.75) is 13.3 Å². The number of para-hydroxylation sites is 1. The molecule has 11 heteroatoms. The number of amides is 2. The molecule has 0 saturated heterocycles. The monoisotopic (exact) mass is 581 g/mol. The first-order valence-corrected chi connectivity index (χ1v) is 14.7. The number of anilines is 1. The van der Waals surface area contributed by atoms with E-state index in [-0.39, 0.29) is 29.2 Å². The van der Waals surface area contributed by atoms with Gasteiger partial charge in [0.05, 0.1) is 11.1 Å². The van der Waals surface area contributed by atoms with Crippen molar-refractivity contribution in [3.63, 3.8) is 0 Å². The van der Waals surface area contributed by atoms with Crippen LogP contribution >= 0.6 is 11.3 Å². The summed E-state index contributed by atoms with van der Waals surface area (Å²) in [5, 5.41) is 2.64. The van der Waals surface area contributed by atoms with Gasteiger partial charge in [-0.1, -0.05) is 48.5 Å². The first-order valence-electron chi connectivity index (χ1n) is 12.2. The number of aromatic nitrogens is 1. The van der Waals surface area contributed by atoms with Gasteiger partial charge in [-0.2, -0.15) is 0 Å². The third-order valence-corrected chi connectivity index (χ3v) is 7.78. The molecule has 0 saturated carbocycles. The van der Waals surface area contributed by atoms with Crippen LogP contribution in [-0.2, 0) is 26.0 Å². The van der Waals surface area contributed by atoms with Crippen molar-refractivity contribution in [1.29, 1.82) is 0 Å². The third-order valence-electron chi connectivity index (χ3n) is 5.87. The summed E-state index contributed by atoms with van der Waals surface area (Å²) in [6, 6.07) is 20.4. The fourth-order valence-corrected chi connectivity index (χ4v) is 5.61. The number of sulfonamides is 1. The Bertz CT molecular complexity index is 1630. The molecule has 1 N–H and O–H groups in total. The topological polar surface area (TPSA) is 96.4 Å². The highest BCUT2D eigenvalue weighted by Gasteiger charge is 2.34. The molecule has 1 atom stereocenters. The first kappa shape index (κ1) is 28.8. The summed E-state index contributed by atoms with van der Waals surface area (Å²) in [5.41, 5.74) is 1.49. The molecule has 206 valence electrons. The lowest BCUT2D eigenvalue weighted by Gasteiger charge is -2.25. The van der Waals surface area contributed by atoms with E-state index in [0.717, 1.165) is 28.9 Å². The molecule has 0 aliphatic carbocycles. The van der Waals surface area contributed by atoms with Gasteiger partial charge in [0.2, 0.25) is 11.8 Å². The Balaban J connectivity index is 1.62. The van der Waals surface area contributed by atoms with Crippen molar-refractivity contribution in [3.8, 4) is 10.6 Å². The second-order valence-electron chi connectivity index (χ2n) is 8.67. The van der Waals surface area contributed by atoms with Gasteiger partial charge in [0.25, 0.3) is 10.0 Å². The van der Waals surface area contributed by atoms with E-state index in [1.54, 1.807) is 73.0 Å². The number of nitrogens with one attached hydrogen (secondary N) is 1. The van der Waals surface area contributed by atoms with E-state index < -0.39 is 39.4 Å². The number of hydrogen-bond acceptors (Lipinski definition) is 6. The van der Waals surface area contributed by atoms with Crippen LogP contribution in [0, 0.1) is 17.6 Å². The number of hydrogen-bond donors (Lipinski definition) is 1. The van der Waals surface area contributed by atoms with Gasteiger partial charge < -0.3 is 4.90 Å². The predicted octanol–water partition coefficient (Wildman–Crippen LogP) is 5.42. The number of nitrogens with zero attached hydrogens (tertiary/aromatic N) is 2. The smallest absolute Gasteiger partial charge is 0.257 e. The van der Waals surface area contributed by atoms with E-state index in [2.05, 4.69) is 4.98 Å². The first-order chi connectivity index (χ1) is 19.2. The van der Waals surface area contributed by atoms with Crippen molar-refractivity contribution in [2.75, 3.05) is 11.4 Å². The second-order valence-corrected chi connectivity index (χ2v) is 11.1. The third kappa shape index (κ3) is 7.25. The Labute approximate surface area is 234 Å². The Hall–Kier alpha value is -4.22. The quantitative estimate of drug-likeness (QED) is 0.253. The summed E-state index contributed by atoms with van der Waals surface area (Å²) in [6.45, 7) is 1.95. The SMILES string of the molecule is CCN(C(=O)C(Cc1csc(-c2ccc(F)cc2F)n1)C(=O)NS(=O)(=O)/C=C/c1ccccc1)c1ccccc1. The Morgan fingerprint density at radius 3 is 2.35 bits per heavy atom. The summed E-state index contributed by atoms with van der Waals surface area (Å²) < 4.78 is 55.1. The van der Waals surface area contributed by atoms with Crippen molar-refractivity contribution >= 4 is 44.9 Å². The summed E-state index contributed by atoms with van der Waals surface area (Å²) in [7, 11) is -4.25. The maximum atomic E-state index is 14.3. The van der Waals surface area contributed by atoms with E-state index in [1.807, 2.05) is 4.72 Å². The van der Waals surface area contributed by atoms with Crippen LogP contribution in [0.4, 0.5) is 14.5 Å². The predicted molar refractivity (Wildman–Crippen MR) is 152 cm³/mol. The summed E-state index contributed by atoms with van der Waals surface area (Å²) in [5.74, 6) is -4.66. The molecule has 40 heavy (non-hydrogen) atoms. The standard InChI is InChI=1S/C29H25F2N3O4S2/c1-2-34(23-11-7-4-8-12-23)29(36)25(27(35)33-40(37,38)16-15-20-9-5-3-6-10-20)18-22-19-39-28(32-22)24-14-13-21(30)17-26(24)31/h3-17,19,25H,2,18H2,1H3,(H,33,35)/b16-15+. The molecule has 0 bridgehead atoms. The summed E-state index contributed by atoms with van der Waals surface area (Å²) in [4.78, 5) is 32.7. The molecule has 0 radical (unpaired) electrons. The molecule has 0 spiro atoms. The highest BCUT2D eigenvalue weighted by molar-refractivity contribution is 7.93. The van der Waals surface area contributed by atoms with Crippen molar-refractivity contribution < 1.29 is 26.8 Å². The maximum Gasteiger partial charge on any atom is 0.257 e. The molecule has 0 fully saturated rings. The lowest BCUT2D eigenvalue weighted by Crippen LogP contribution is -2.46. The molecule has 4 aromatic rings. The van der Waals surface area contributed by atoms with E-state index >= 15 is 0 Å². The molecule has 2 amide bonds. The second kappa shape index (κ2) is 12.8. The van der Waals surface area contributed by atoms with Crippen molar-refractivity contribution in [1.82, 2.24) is 9.71 Å². The van der Waals surface area contributed by atoms with Crippen LogP contribution in [0.3, 0.4) is 0 Å². The van der Waals surface area contributed by atoms with Gasteiger partial charge in [-0.3, -0.25) is 9.59 Å². The Kier molecular flexibility index (Phi) is 9.18. The van der Waals surface area contributed by atoms with Gasteiger partial charge in [0, 0.05) is 35.7 Å². The number of carbonyl (C=O) groups is 2.